The highest BCUT2D eigenvalue weighted by molar-refractivity contribution is 5.89. The summed E-state index contributed by atoms with van der Waals surface area (Å²) in [5.41, 5.74) is 0.405. The summed E-state index contributed by atoms with van der Waals surface area (Å²) in [5.74, 6) is -0.529. The number of carbonyl (C=O) groups is 1. The van der Waals surface area contributed by atoms with Crippen LogP contribution < -0.4 is 0 Å². The van der Waals surface area contributed by atoms with Crippen LogP contribution in [0.15, 0.2) is 30.3 Å². The molecule has 0 bridgehead atoms. The van der Waals surface area contributed by atoms with Gasteiger partial charge in [-0.3, -0.25) is 0 Å². The summed E-state index contributed by atoms with van der Waals surface area (Å²) < 4.78 is 26.4. The molecule has 7 heteroatoms. The summed E-state index contributed by atoms with van der Waals surface area (Å²) in [6.45, 7) is 0.716. The highest BCUT2D eigenvalue weighted by Gasteiger charge is 2.41. The molecule has 0 amide bonds. The van der Waals surface area contributed by atoms with Crippen molar-refractivity contribution in [2.75, 3.05) is 26.8 Å². The second-order valence-electron chi connectivity index (χ2n) is 5.11. The molecule has 2 fully saturated rings. The van der Waals surface area contributed by atoms with Gasteiger partial charge in [0.2, 0.25) is 0 Å². The van der Waals surface area contributed by atoms with E-state index in [0.717, 1.165) is 0 Å². The minimum Gasteiger partial charge on any atom is -0.453 e. The van der Waals surface area contributed by atoms with E-state index in [-0.39, 0.29) is 26.8 Å². The van der Waals surface area contributed by atoms with Crippen LogP contribution in [-0.4, -0.2) is 62.3 Å². The molecular weight excluding hydrogens is 292 g/mol. The largest absolute Gasteiger partial charge is 0.453 e. The van der Waals surface area contributed by atoms with Gasteiger partial charge in [-0.25, -0.2) is 4.79 Å². The molecule has 2 aliphatic heterocycles. The molecule has 0 saturated carbocycles. The molecule has 22 heavy (non-hydrogen) atoms. The van der Waals surface area contributed by atoms with Gasteiger partial charge in [0.15, 0.2) is 6.10 Å². The summed E-state index contributed by atoms with van der Waals surface area (Å²) in [4.78, 5) is 12.2. The van der Waals surface area contributed by atoms with Crippen molar-refractivity contribution in [3.05, 3.63) is 35.9 Å². The summed E-state index contributed by atoms with van der Waals surface area (Å²) in [7, 11) is 0. The molecule has 7 nitrogen and oxygen atoms in total. The highest BCUT2D eigenvalue weighted by Crippen LogP contribution is 2.21. The number of aliphatic hydroxyl groups excluding tert-OH is 1. The fraction of sp³-hybridized carbons (Fsp3) is 0.533. The molecule has 0 aliphatic carbocycles. The minimum atomic E-state index is -1.05. The molecule has 1 N–H and O–H groups in total. The Balaban J connectivity index is 1.71. The van der Waals surface area contributed by atoms with Gasteiger partial charge in [0.05, 0.1) is 18.8 Å². The van der Waals surface area contributed by atoms with Gasteiger partial charge in [0, 0.05) is 0 Å². The zero-order valence-electron chi connectivity index (χ0n) is 11.9. The Bertz CT molecular complexity index is 480. The first-order valence-electron chi connectivity index (χ1n) is 7.08. The first-order chi connectivity index (χ1) is 10.8. The van der Waals surface area contributed by atoms with E-state index in [1.807, 2.05) is 0 Å². The quantitative estimate of drug-likeness (QED) is 0.784. The summed E-state index contributed by atoms with van der Waals surface area (Å²) in [6, 6.07) is 8.58. The molecule has 0 spiro atoms. The van der Waals surface area contributed by atoms with Crippen LogP contribution in [0, 0.1) is 0 Å². The van der Waals surface area contributed by atoms with Crippen LogP contribution in [0.25, 0.3) is 0 Å². The van der Waals surface area contributed by atoms with Crippen molar-refractivity contribution in [1.29, 1.82) is 0 Å². The number of hydrogen-bond donors (Lipinski definition) is 1. The third kappa shape index (κ3) is 3.45. The molecule has 2 aliphatic rings. The van der Waals surface area contributed by atoms with Crippen LogP contribution in [0.5, 0.6) is 0 Å². The topological polar surface area (TPSA) is 83.5 Å². The zero-order valence-corrected chi connectivity index (χ0v) is 11.9. The molecule has 0 aromatic heterocycles. The van der Waals surface area contributed by atoms with Crippen LogP contribution in [0.1, 0.15) is 10.4 Å². The first-order valence-corrected chi connectivity index (χ1v) is 7.08. The Labute approximate surface area is 127 Å². The Kier molecular flexibility index (Phi) is 5.01. The third-order valence-electron chi connectivity index (χ3n) is 3.63. The van der Waals surface area contributed by atoms with Crippen molar-refractivity contribution in [2.45, 2.75) is 24.4 Å². The van der Waals surface area contributed by atoms with Gasteiger partial charge in [-0.1, -0.05) is 18.2 Å². The van der Waals surface area contributed by atoms with E-state index in [4.69, 9.17) is 23.7 Å². The first kappa shape index (κ1) is 15.4. The van der Waals surface area contributed by atoms with Gasteiger partial charge in [0.25, 0.3) is 0 Å². The second kappa shape index (κ2) is 7.17. The minimum absolute atomic E-state index is 0.110. The molecule has 1 aromatic rings. The molecule has 0 unspecified atom stereocenters. The van der Waals surface area contributed by atoms with Crippen LogP contribution in [0.2, 0.25) is 0 Å². The molecule has 4 atom stereocenters. The number of rotatable bonds is 5. The lowest BCUT2D eigenvalue weighted by Gasteiger charge is -2.29. The van der Waals surface area contributed by atoms with Crippen LogP contribution in [0.3, 0.4) is 0 Å². The van der Waals surface area contributed by atoms with Crippen molar-refractivity contribution in [3.63, 3.8) is 0 Å². The molecule has 120 valence electrons. The van der Waals surface area contributed by atoms with Gasteiger partial charge in [0.1, 0.15) is 31.9 Å². The molecule has 2 saturated heterocycles. The Morgan fingerprint density at radius 2 is 1.73 bits per heavy atom. The summed E-state index contributed by atoms with van der Waals surface area (Å²) in [6.07, 6.45) is -3.03. The molecule has 1 aromatic carbocycles. The fourth-order valence-electron chi connectivity index (χ4n) is 2.43. The normalized spacial score (nSPS) is 27.5. The maximum absolute atomic E-state index is 12.2. The second-order valence-corrected chi connectivity index (χ2v) is 5.11. The van der Waals surface area contributed by atoms with E-state index in [1.54, 1.807) is 30.3 Å². The number of carbonyl (C=O) groups excluding carboxylic acids is 1. The lowest BCUT2D eigenvalue weighted by Crippen LogP contribution is -2.48. The Morgan fingerprint density at radius 3 is 2.32 bits per heavy atom. The number of ether oxygens (including phenoxy) is 5. The van der Waals surface area contributed by atoms with Gasteiger partial charge >= 0.3 is 5.97 Å². The number of hydrogen-bond acceptors (Lipinski definition) is 7. The fourth-order valence-corrected chi connectivity index (χ4v) is 2.43. The maximum Gasteiger partial charge on any atom is 0.338 e. The smallest absolute Gasteiger partial charge is 0.338 e. The van der Waals surface area contributed by atoms with Crippen molar-refractivity contribution < 1.29 is 33.6 Å². The van der Waals surface area contributed by atoms with E-state index in [2.05, 4.69) is 0 Å². The molecule has 2 heterocycles. The van der Waals surface area contributed by atoms with E-state index in [1.165, 1.54) is 0 Å². The van der Waals surface area contributed by atoms with Crippen LogP contribution in [-0.2, 0) is 23.7 Å². The van der Waals surface area contributed by atoms with E-state index >= 15 is 0 Å². The van der Waals surface area contributed by atoms with Gasteiger partial charge in [-0.2, -0.15) is 0 Å². The van der Waals surface area contributed by atoms with Crippen molar-refractivity contribution >= 4 is 5.97 Å². The average Bonchev–Trinajstić information content (AvgIpc) is 3.25. The number of esters is 1. The van der Waals surface area contributed by atoms with Crippen molar-refractivity contribution in [3.8, 4) is 0 Å². The monoisotopic (exact) mass is 310 g/mol. The Morgan fingerprint density at radius 1 is 1.09 bits per heavy atom. The number of benzene rings is 1. The van der Waals surface area contributed by atoms with Crippen LogP contribution >= 0.6 is 0 Å². The van der Waals surface area contributed by atoms with E-state index < -0.39 is 30.4 Å². The maximum atomic E-state index is 12.2. The van der Waals surface area contributed by atoms with Crippen LogP contribution in [0.4, 0.5) is 0 Å². The van der Waals surface area contributed by atoms with Gasteiger partial charge < -0.3 is 28.8 Å². The average molecular weight is 310 g/mol. The summed E-state index contributed by atoms with van der Waals surface area (Å²) >= 11 is 0. The molecule has 0 radical (unpaired) electrons. The van der Waals surface area contributed by atoms with Crippen molar-refractivity contribution in [2.24, 2.45) is 0 Å². The standard InChI is InChI=1S/C15H18O7/c16-13(11-6-18-8-20-11)14(12-7-19-9-21-12)22-15(17)10-4-2-1-3-5-10/h1-5,11-14,16H,6-9H2/t11-,12-,13+,14-/m0/s1. The summed E-state index contributed by atoms with van der Waals surface area (Å²) in [5, 5.41) is 10.4. The number of aliphatic hydroxyl groups is 1. The SMILES string of the molecule is O=C(O[C@H]([C@H](O)[C@@H]1COCO1)[C@@H]1COCO1)c1ccccc1. The van der Waals surface area contributed by atoms with E-state index in [9.17, 15) is 9.90 Å². The lowest BCUT2D eigenvalue weighted by atomic mass is 10.0. The highest BCUT2D eigenvalue weighted by atomic mass is 16.7. The van der Waals surface area contributed by atoms with Gasteiger partial charge in [-0.05, 0) is 12.1 Å². The molecular formula is C15H18O7. The van der Waals surface area contributed by atoms with Crippen molar-refractivity contribution in [1.82, 2.24) is 0 Å². The predicted molar refractivity (Wildman–Crippen MR) is 73.0 cm³/mol. The predicted octanol–water partition coefficient (Wildman–Crippen LogP) is 0.319. The lowest BCUT2D eigenvalue weighted by molar-refractivity contribution is -0.115. The van der Waals surface area contributed by atoms with Gasteiger partial charge in [-0.15, -0.1) is 0 Å². The zero-order chi connectivity index (χ0) is 15.4. The molecule has 3 rings (SSSR count). The van der Waals surface area contributed by atoms with E-state index in [0.29, 0.717) is 5.56 Å². The Hall–Kier alpha value is -1.51. The third-order valence-corrected chi connectivity index (χ3v) is 3.63.